The molecule has 7 heavy (non-hydrogen) atoms. The summed E-state index contributed by atoms with van der Waals surface area (Å²) in [6, 6.07) is 0. The Morgan fingerprint density at radius 2 is 2.43 bits per heavy atom. The smallest absolute Gasteiger partial charge is 0.432 e. The van der Waals surface area contributed by atoms with Gasteiger partial charge in [0.05, 0.1) is 7.11 Å². The van der Waals surface area contributed by atoms with Gasteiger partial charge in [-0.3, -0.25) is 0 Å². The van der Waals surface area contributed by atoms with Gasteiger partial charge in [0, 0.05) is 6.21 Å². The molecule has 0 saturated heterocycles. The van der Waals surface area contributed by atoms with Crippen LogP contribution in [0.3, 0.4) is 0 Å². The largest absolute Gasteiger partial charge is 0.451 e. The van der Waals surface area contributed by atoms with E-state index in [4.69, 9.17) is 0 Å². The van der Waals surface area contributed by atoms with E-state index in [1.54, 1.807) is 6.92 Å². The maximum atomic E-state index is 9.99. The van der Waals surface area contributed by atoms with Crippen molar-refractivity contribution < 1.29 is 9.53 Å². The Kier molecular flexibility index (Phi) is 2.92. The molecular formula is C4H7NO2. The van der Waals surface area contributed by atoms with E-state index in [0.717, 1.165) is 0 Å². The van der Waals surface area contributed by atoms with Gasteiger partial charge in [-0.2, -0.15) is 4.99 Å². The highest BCUT2D eigenvalue weighted by atomic mass is 16.5. The standard InChI is InChI=1S/C4H7NO2/c1-3-5-4(6)7-2/h3H,1-2H3/b5-3+. The number of methoxy groups -OCH3 is 1. The zero-order valence-corrected chi connectivity index (χ0v) is 4.34. The van der Waals surface area contributed by atoms with Crippen LogP contribution in [0.15, 0.2) is 4.99 Å². The maximum absolute atomic E-state index is 9.99. The minimum Gasteiger partial charge on any atom is -0.451 e. The lowest BCUT2D eigenvalue weighted by molar-refractivity contribution is 0.183. The third kappa shape index (κ3) is 2.96. The molecule has 0 spiro atoms. The van der Waals surface area contributed by atoms with Crippen molar-refractivity contribution in [3.8, 4) is 0 Å². The molecule has 0 unspecified atom stereocenters. The summed E-state index contributed by atoms with van der Waals surface area (Å²) < 4.78 is 4.15. The first-order chi connectivity index (χ1) is 3.31. The molecule has 0 fully saturated rings. The van der Waals surface area contributed by atoms with Crippen molar-refractivity contribution in [2.24, 2.45) is 4.99 Å². The van der Waals surface area contributed by atoms with Crippen LogP contribution in [-0.2, 0) is 4.74 Å². The lowest BCUT2D eigenvalue weighted by Gasteiger charge is -1.83. The predicted octanol–water partition coefficient (Wildman–Crippen LogP) is 0.844. The molecule has 40 valence electrons. The van der Waals surface area contributed by atoms with Crippen molar-refractivity contribution in [2.75, 3.05) is 7.11 Å². The van der Waals surface area contributed by atoms with E-state index in [2.05, 4.69) is 9.73 Å². The Hall–Kier alpha value is -0.860. The van der Waals surface area contributed by atoms with E-state index in [1.807, 2.05) is 0 Å². The molecule has 0 radical (unpaired) electrons. The number of amides is 1. The third-order valence-electron chi connectivity index (χ3n) is 0.409. The van der Waals surface area contributed by atoms with Crippen LogP contribution in [0.4, 0.5) is 4.79 Å². The van der Waals surface area contributed by atoms with Gasteiger partial charge < -0.3 is 4.74 Å². The second kappa shape index (κ2) is 3.33. The molecule has 0 heterocycles. The SMILES string of the molecule is C/C=N/C(=O)OC. The number of aliphatic imine (C=N–C) groups is 1. The topological polar surface area (TPSA) is 38.7 Å². The van der Waals surface area contributed by atoms with Gasteiger partial charge in [0.1, 0.15) is 0 Å². The van der Waals surface area contributed by atoms with Gasteiger partial charge in [-0.15, -0.1) is 0 Å². The van der Waals surface area contributed by atoms with Crippen molar-refractivity contribution in [2.45, 2.75) is 6.92 Å². The van der Waals surface area contributed by atoms with Gasteiger partial charge in [0.25, 0.3) is 0 Å². The van der Waals surface area contributed by atoms with Crippen LogP contribution in [0.1, 0.15) is 6.92 Å². The molecule has 0 atom stereocenters. The van der Waals surface area contributed by atoms with Crippen LogP contribution in [0.2, 0.25) is 0 Å². The average Bonchev–Trinajstić information content (AvgIpc) is 1.68. The van der Waals surface area contributed by atoms with Crippen molar-refractivity contribution in [3.63, 3.8) is 0 Å². The zero-order chi connectivity index (χ0) is 5.70. The second-order valence-electron chi connectivity index (χ2n) is 0.857. The fraction of sp³-hybridized carbons (Fsp3) is 0.500. The van der Waals surface area contributed by atoms with Gasteiger partial charge in [0.15, 0.2) is 0 Å². The fourth-order valence-electron chi connectivity index (χ4n) is 0.158. The summed E-state index contributed by atoms with van der Waals surface area (Å²) in [5.41, 5.74) is 0. The van der Waals surface area contributed by atoms with Crippen molar-refractivity contribution in [3.05, 3.63) is 0 Å². The Balaban J connectivity index is 3.37. The van der Waals surface area contributed by atoms with Gasteiger partial charge in [-0.05, 0) is 6.92 Å². The molecular weight excluding hydrogens is 94.0 g/mol. The van der Waals surface area contributed by atoms with Crippen molar-refractivity contribution in [1.82, 2.24) is 0 Å². The monoisotopic (exact) mass is 101 g/mol. The fourth-order valence-corrected chi connectivity index (χ4v) is 0.158. The summed E-state index contributed by atoms with van der Waals surface area (Å²) in [6.07, 6.45) is 0.828. The van der Waals surface area contributed by atoms with E-state index in [9.17, 15) is 4.79 Å². The van der Waals surface area contributed by atoms with Gasteiger partial charge in [-0.25, -0.2) is 4.79 Å². The van der Waals surface area contributed by atoms with Crippen molar-refractivity contribution in [1.29, 1.82) is 0 Å². The van der Waals surface area contributed by atoms with E-state index in [0.29, 0.717) is 0 Å². The second-order valence-corrected chi connectivity index (χ2v) is 0.857. The highest BCUT2D eigenvalue weighted by molar-refractivity contribution is 5.77. The molecule has 3 nitrogen and oxygen atoms in total. The maximum Gasteiger partial charge on any atom is 0.432 e. The van der Waals surface area contributed by atoms with Crippen LogP contribution in [0, 0.1) is 0 Å². The molecule has 0 aromatic heterocycles. The van der Waals surface area contributed by atoms with Crippen LogP contribution in [0.5, 0.6) is 0 Å². The van der Waals surface area contributed by atoms with E-state index >= 15 is 0 Å². The number of carbonyl (C=O) groups excluding carboxylic acids is 1. The summed E-state index contributed by atoms with van der Waals surface area (Å²) in [7, 11) is 1.29. The number of hydrogen-bond donors (Lipinski definition) is 0. The number of nitrogens with zero attached hydrogens (tertiary/aromatic N) is 1. The lowest BCUT2D eigenvalue weighted by Crippen LogP contribution is -1.90. The minimum absolute atomic E-state index is 0.553. The highest BCUT2D eigenvalue weighted by Gasteiger charge is 1.85. The Labute approximate surface area is 42.0 Å². The summed E-state index contributed by atoms with van der Waals surface area (Å²) in [6.45, 7) is 1.65. The van der Waals surface area contributed by atoms with Gasteiger partial charge in [0.2, 0.25) is 0 Å². The third-order valence-corrected chi connectivity index (χ3v) is 0.409. The molecule has 0 N–H and O–H groups in total. The van der Waals surface area contributed by atoms with E-state index < -0.39 is 6.09 Å². The van der Waals surface area contributed by atoms with Crippen LogP contribution in [-0.4, -0.2) is 19.4 Å². The zero-order valence-electron chi connectivity index (χ0n) is 4.34. The average molecular weight is 101 g/mol. The van der Waals surface area contributed by atoms with E-state index in [-0.39, 0.29) is 0 Å². The molecule has 0 aromatic carbocycles. The molecule has 0 rings (SSSR count). The molecule has 3 heteroatoms. The number of rotatable bonds is 0. The lowest BCUT2D eigenvalue weighted by atomic mass is 10.9. The highest BCUT2D eigenvalue weighted by Crippen LogP contribution is 1.74. The molecule has 1 amide bonds. The summed E-state index contributed by atoms with van der Waals surface area (Å²) in [4.78, 5) is 13.2. The molecule has 0 aromatic rings. The molecule has 0 aliphatic rings. The van der Waals surface area contributed by atoms with Crippen LogP contribution >= 0.6 is 0 Å². The molecule has 0 aliphatic carbocycles. The Bertz CT molecular complexity index is 87.7. The Morgan fingerprint density at radius 1 is 1.86 bits per heavy atom. The van der Waals surface area contributed by atoms with E-state index in [1.165, 1.54) is 13.3 Å². The molecule has 0 saturated carbocycles. The molecule has 0 bridgehead atoms. The van der Waals surface area contributed by atoms with Gasteiger partial charge >= 0.3 is 6.09 Å². The first-order valence-electron chi connectivity index (χ1n) is 1.88. The normalized spacial score (nSPS) is 9.43. The van der Waals surface area contributed by atoms with Crippen LogP contribution < -0.4 is 0 Å². The number of carbonyl (C=O) groups is 1. The predicted molar refractivity (Wildman–Crippen MR) is 26.6 cm³/mol. The first kappa shape index (κ1) is 6.14. The number of hydrogen-bond acceptors (Lipinski definition) is 2. The summed E-state index contributed by atoms with van der Waals surface area (Å²) >= 11 is 0. The number of ether oxygens (including phenoxy) is 1. The quantitative estimate of drug-likeness (QED) is 0.424. The summed E-state index contributed by atoms with van der Waals surface area (Å²) in [5, 5.41) is 0. The van der Waals surface area contributed by atoms with Gasteiger partial charge in [-0.1, -0.05) is 0 Å². The van der Waals surface area contributed by atoms with Crippen molar-refractivity contribution >= 4 is 12.3 Å². The molecule has 0 aliphatic heterocycles. The summed E-state index contributed by atoms with van der Waals surface area (Å²) in [5.74, 6) is 0. The first-order valence-corrected chi connectivity index (χ1v) is 1.88. The van der Waals surface area contributed by atoms with Crippen LogP contribution in [0.25, 0.3) is 0 Å². The minimum atomic E-state index is -0.553. The Morgan fingerprint density at radius 3 is 2.57 bits per heavy atom.